The van der Waals surface area contributed by atoms with Gasteiger partial charge < -0.3 is 5.32 Å². The number of hydrogen-bond donors (Lipinski definition) is 3. The molecule has 4 N–H and O–H groups in total. The van der Waals surface area contributed by atoms with E-state index >= 15 is 0 Å². The normalized spacial score (nSPS) is 23.6. The zero-order valence-electron chi connectivity index (χ0n) is 22.2. The van der Waals surface area contributed by atoms with Crippen molar-refractivity contribution in [1.29, 1.82) is 5.41 Å². The van der Waals surface area contributed by atoms with Crippen molar-refractivity contribution in [3.05, 3.63) is 65.2 Å². The Morgan fingerprint density at radius 1 is 1.05 bits per heavy atom. The van der Waals surface area contributed by atoms with Gasteiger partial charge in [-0.25, -0.2) is 5.84 Å². The second kappa shape index (κ2) is 12.8. The van der Waals surface area contributed by atoms with Crippen LogP contribution in [0.1, 0.15) is 81.4 Å². The van der Waals surface area contributed by atoms with Crippen LogP contribution in [0.4, 0.5) is 5.69 Å². The van der Waals surface area contributed by atoms with Crippen molar-refractivity contribution in [3.63, 3.8) is 0 Å². The third-order valence-electron chi connectivity index (χ3n) is 8.14. The lowest BCUT2D eigenvalue weighted by Gasteiger charge is -2.27. The van der Waals surface area contributed by atoms with Crippen molar-refractivity contribution >= 4 is 27.6 Å². The highest BCUT2D eigenvalue weighted by atomic mass is 32.2. The number of nitrogens with zero attached hydrogens (tertiary/aromatic N) is 1. The van der Waals surface area contributed by atoms with Gasteiger partial charge in [0.25, 0.3) is 0 Å². The minimum absolute atomic E-state index is 0.0440. The molecule has 200 valence electrons. The first-order valence-corrected chi connectivity index (χ1v) is 15.3. The van der Waals surface area contributed by atoms with E-state index in [1.807, 2.05) is 44.2 Å². The van der Waals surface area contributed by atoms with Gasteiger partial charge in [0.1, 0.15) is 0 Å². The van der Waals surface area contributed by atoms with Crippen molar-refractivity contribution in [2.24, 2.45) is 17.7 Å². The van der Waals surface area contributed by atoms with Gasteiger partial charge in [0.2, 0.25) is 11.1 Å². The van der Waals surface area contributed by atoms with E-state index in [2.05, 4.69) is 23.5 Å². The molecule has 1 amide bonds. The van der Waals surface area contributed by atoms with Crippen LogP contribution < -0.4 is 16.2 Å². The Bertz CT molecular complexity index is 1100. The lowest BCUT2D eigenvalue weighted by Crippen LogP contribution is -2.41. The number of benzene rings is 2. The highest BCUT2D eigenvalue weighted by Gasteiger charge is 2.32. The van der Waals surface area contributed by atoms with Gasteiger partial charge in [-0.15, -0.1) is 0 Å². The van der Waals surface area contributed by atoms with Gasteiger partial charge in [0.05, 0.1) is 16.5 Å². The van der Waals surface area contributed by atoms with Gasteiger partial charge in [-0.3, -0.25) is 19.4 Å². The number of rotatable bonds is 6. The molecule has 0 saturated heterocycles. The first-order chi connectivity index (χ1) is 18.0. The van der Waals surface area contributed by atoms with Gasteiger partial charge in [-0.2, -0.15) is 0 Å². The SMILES string of the molecule is CC.N=C(N(N)c1ccccc1)S(=O)CC1CCc2cc([C@H]3CC[C@@H](NC(=O)C4CCC4)C3)ccc2C1. The molecule has 4 atom stereocenters. The molecule has 2 unspecified atom stereocenters. The summed E-state index contributed by atoms with van der Waals surface area (Å²) in [6.45, 7) is 4.00. The number of carbonyl (C=O) groups is 1. The van der Waals surface area contributed by atoms with Gasteiger partial charge in [0, 0.05) is 17.7 Å². The smallest absolute Gasteiger partial charge is 0.223 e. The third-order valence-corrected chi connectivity index (χ3v) is 9.55. The van der Waals surface area contributed by atoms with Crippen LogP contribution in [0.3, 0.4) is 0 Å². The number of nitrogens with two attached hydrogens (primary N) is 1. The van der Waals surface area contributed by atoms with Crippen molar-refractivity contribution < 1.29 is 9.00 Å². The molecule has 37 heavy (non-hydrogen) atoms. The molecule has 0 aliphatic heterocycles. The highest BCUT2D eigenvalue weighted by Crippen LogP contribution is 2.37. The van der Waals surface area contributed by atoms with Crippen LogP contribution in [0, 0.1) is 17.2 Å². The summed E-state index contributed by atoms with van der Waals surface area (Å²) in [5.74, 6) is 7.85. The van der Waals surface area contributed by atoms with Gasteiger partial charge in [0.15, 0.2) is 0 Å². The standard InChI is InChI=1S/C28H36N4O2S.C2H6/c29-28(32(30)26-7-2-1-3-8-26)35(34)18-19-9-10-22-16-23(12-11-21(22)15-19)24-13-14-25(17-24)31-27(33)20-5-4-6-20;1-2/h1-3,7-8,11-12,16,19-20,24-25,29H,4-6,9-10,13-15,17-18,30H2,(H,31,33);1-2H3/t19?,24-,25+,35?;/m0./s1. The fraction of sp³-hybridized carbons (Fsp3) is 0.533. The monoisotopic (exact) mass is 522 g/mol. The van der Waals surface area contributed by atoms with Crippen molar-refractivity contribution in [1.82, 2.24) is 5.32 Å². The van der Waals surface area contributed by atoms with Gasteiger partial charge >= 0.3 is 0 Å². The van der Waals surface area contributed by atoms with E-state index in [0.29, 0.717) is 23.4 Å². The molecule has 5 rings (SSSR count). The summed E-state index contributed by atoms with van der Waals surface area (Å²) >= 11 is 0. The summed E-state index contributed by atoms with van der Waals surface area (Å²) in [5.41, 5.74) is 4.82. The Labute approximate surface area is 224 Å². The quantitative estimate of drug-likeness (QED) is 0.204. The van der Waals surface area contributed by atoms with E-state index < -0.39 is 10.8 Å². The molecule has 2 fully saturated rings. The molecule has 0 aromatic heterocycles. The molecular formula is C30H42N4O2S. The average molecular weight is 523 g/mol. The topological polar surface area (TPSA) is 99.3 Å². The Hall–Kier alpha value is -2.51. The van der Waals surface area contributed by atoms with E-state index in [0.717, 1.165) is 51.4 Å². The number of amides is 1. The molecule has 0 bridgehead atoms. The average Bonchev–Trinajstić information content (AvgIpc) is 3.36. The fourth-order valence-electron chi connectivity index (χ4n) is 5.76. The minimum atomic E-state index is -1.44. The maximum absolute atomic E-state index is 12.9. The number of para-hydroxylation sites is 1. The maximum atomic E-state index is 12.9. The number of amidine groups is 1. The zero-order valence-corrected chi connectivity index (χ0v) is 23.1. The van der Waals surface area contributed by atoms with Crippen LogP contribution in [0.2, 0.25) is 0 Å². The summed E-state index contributed by atoms with van der Waals surface area (Å²) in [4.78, 5) is 12.3. The predicted molar refractivity (Wildman–Crippen MR) is 153 cm³/mol. The van der Waals surface area contributed by atoms with E-state index in [-0.39, 0.29) is 22.9 Å². The highest BCUT2D eigenvalue weighted by molar-refractivity contribution is 8.00. The first kappa shape index (κ1) is 27.5. The van der Waals surface area contributed by atoms with E-state index in [9.17, 15) is 9.00 Å². The molecule has 0 radical (unpaired) electrons. The largest absolute Gasteiger partial charge is 0.353 e. The Morgan fingerprint density at radius 2 is 1.81 bits per heavy atom. The van der Waals surface area contributed by atoms with Crippen molar-refractivity contribution in [3.8, 4) is 0 Å². The first-order valence-electron chi connectivity index (χ1n) is 14.0. The van der Waals surface area contributed by atoms with Crippen LogP contribution in [-0.4, -0.2) is 27.1 Å². The van der Waals surface area contributed by atoms with Crippen LogP contribution in [0.15, 0.2) is 48.5 Å². The van der Waals surface area contributed by atoms with E-state index in [1.54, 1.807) is 0 Å². The molecule has 2 aromatic carbocycles. The number of aryl methyl sites for hydroxylation is 1. The van der Waals surface area contributed by atoms with Crippen LogP contribution in [-0.2, 0) is 28.4 Å². The summed E-state index contributed by atoms with van der Waals surface area (Å²) in [5, 5.41) is 12.8. The molecule has 7 heteroatoms. The molecule has 0 heterocycles. The summed E-state index contributed by atoms with van der Waals surface area (Å²) < 4.78 is 12.9. The molecular weight excluding hydrogens is 480 g/mol. The maximum Gasteiger partial charge on any atom is 0.223 e. The summed E-state index contributed by atoms with van der Waals surface area (Å²) in [6, 6.07) is 16.4. The lowest BCUT2D eigenvalue weighted by atomic mass is 9.82. The van der Waals surface area contributed by atoms with Gasteiger partial charge in [-0.1, -0.05) is 56.7 Å². The molecule has 2 aromatic rings. The number of fused-ring (bicyclic) bond motifs is 1. The number of carbonyl (C=O) groups excluding carboxylic acids is 1. The predicted octanol–water partition coefficient (Wildman–Crippen LogP) is 5.43. The Kier molecular flexibility index (Phi) is 9.54. The number of hydrogen-bond acceptors (Lipinski definition) is 4. The van der Waals surface area contributed by atoms with Gasteiger partial charge in [-0.05, 0) is 92.0 Å². The van der Waals surface area contributed by atoms with Crippen LogP contribution in [0.25, 0.3) is 0 Å². The van der Waals surface area contributed by atoms with Crippen molar-refractivity contribution in [2.45, 2.75) is 83.6 Å². The fourth-order valence-corrected chi connectivity index (χ4v) is 6.96. The molecule has 3 aliphatic rings. The van der Waals surface area contributed by atoms with E-state index in [1.165, 1.54) is 28.1 Å². The zero-order chi connectivity index (χ0) is 26.4. The number of nitrogens with one attached hydrogen (secondary N) is 2. The number of anilines is 1. The second-order valence-electron chi connectivity index (χ2n) is 10.5. The van der Waals surface area contributed by atoms with E-state index in [4.69, 9.17) is 11.3 Å². The number of hydrazine groups is 1. The molecule has 2 saturated carbocycles. The summed E-state index contributed by atoms with van der Waals surface area (Å²) in [7, 11) is -1.44. The van der Waals surface area contributed by atoms with Crippen LogP contribution >= 0.6 is 0 Å². The second-order valence-corrected chi connectivity index (χ2v) is 11.9. The van der Waals surface area contributed by atoms with Crippen molar-refractivity contribution in [2.75, 3.05) is 10.8 Å². The molecule has 6 nitrogen and oxygen atoms in total. The third kappa shape index (κ3) is 6.68. The summed E-state index contributed by atoms with van der Waals surface area (Å²) in [6.07, 6.45) is 9.41. The van der Waals surface area contributed by atoms with Crippen LogP contribution in [0.5, 0.6) is 0 Å². The Balaban J connectivity index is 0.00000156. The minimum Gasteiger partial charge on any atom is -0.353 e. The Morgan fingerprint density at radius 3 is 2.51 bits per heavy atom. The molecule has 3 aliphatic carbocycles. The lowest BCUT2D eigenvalue weighted by molar-refractivity contribution is -0.128. The molecule has 0 spiro atoms.